The molecule has 0 saturated carbocycles. The van der Waals surface area contributed by atoms with Gasteiger partial charge in [0, 0.05) is 12.5 Å². The van der Waals surface area contributed by atoms with Crippen LogP contribution in [0.1, 0.15) is 33.1 Å². The van der Waals surface area contributed by atoms with Gasteiger partial charge in [-0.25, -0.2) is 4.98 Å². The molecule has 2 aromatic rings. The van der Waals surface area contributed by atoms with Crippen molar-refractivity contribution in [1.82, 2.24) is 4.98 Å². The van der Waals surface area contributed by atoms with Gasteiger partial charge in [0.2, 0.25) is 5.91 Å². The second-order valence-corrected chi connectivity index (χ2v) is 5.91. The Morgan fingerprint density at radius 1 is 1.48 bits per heavy atom. The van der Waals surface area contributed by atoms with E-state index in [0.29, 0.717) is 18.2 Å². The fraction of sp³-hybridized carbons (Fsp3) is 0.467. The summed E-state index contributed by atoms with van der Waals surface area (Å²) in [6, 6.07) is 5.63. The monoisotopic (exact) mass is 307 g/mol. The number of hydrogen-bond donors (Lipinski definition) is 2. The highest BCUT2D eigenvalue weighted by Gasteiger charge is 2.12. The minimum absolute atomic E-state index is 0.0833. The second kappa shape index (κ2) is 7.38. The Morgan fingerprint density at radius 2 is 2.29 bits per heavy atom. The molecule has 0 radical (unpaired) electrons. The number of nitrogens with one attached hydrogen (secondary N) is 1. The lowest BCUT2D eigenvalue weighted by atomic mass is 10.1. The maximum Gasteiger partial charge on any atom is 0.227 e. The van der Waals surface area contributed by atoms with Crippen LogP contribution in [0.2, 0.25) is 0 Å². The Labute approximate surface area is 128 Å². The average molecular weight is 307 g/mol. The normalized spacial score (nSPS) is 12.3. The van der Waals surface area contributed by atoms with Crippen LogP contribution in [0, 0.1) is 0 Å². The minimum Gasteiger partial charge on any atom is -0.494 e. The van der Waals surface area contributed by atoms with E-state index in [9.17, 15) is 4.79 Å². The molecule has 0 spiro atoms. The summed E-state index contributed by atoms with van der Waals surface area (Å²) in [4.78, 5) is 16.3. The number of carbonyl (C=O) groups excluding carboxylic acids is 1. The summed E-state index contributed by atoms with van der Waals surface area (Å²) in [7, 11) is 0. The summed E-state index contributed by atoms with van der Waals surface area (Å²) in [6.45, 7) is 4.63. The molecule has 5 nitrogen and oxygen atoms in total. The van der Waals surface area contributed by atoms with Crippen LogP contribution < -0.4 is 15.8 Å². The standard InChI is InChI=1S/C15H21N3O2S/c1-3-5-10(16)8-14(19)18-15-17-12-7-6-11(20-4-2)9-13(12)21-15/h6-7,9-10H,3-5,8,16H2,1-2H3,(H,17,18,19). The zero-order chi connectivity index (χ0) is 15.2. The lowest BCUT2D eigenvalue weighted by Crippen LogP contribution is -2.26. The lowest BCUT2D eigenvalue weighted by molar-refractivity contribution is -0.116. The van der Waals surface area contributed by atoms with E-state index in [1.807, 2.05) is 25.1 Å². The maximum atomic E-state index is 11.9. The van der Waals surface area contributed by atoms with E-state index in [2.05, 4.69) is 17.2 Å². The average Bonchev–Trinajstić information content (AvgIpc) is 2.80. The molecule has 114 valence electrons. The van der Waals surface area contributed by atoms with Gasteiger partial charge in [-0.2, -0.15) is 0 Å². The Balaban J connectivity index is 2.03. The van der Waals surface area contributed by atoms with Gasteiger partial charge in [0.15, 0.2) is 5.13 Å². The van der Waals surface area contributed by atoms with E-state index >= 15 is 0 Å². The SMILES string of the molecule is CCCC(N)CC(=O)Nc1nc2ccc(OCC)cc2s1. The lowest BCUT2D eigenvalue weighted by Gasteiger charge is -2.08. The molecule has 0 fully saturated rings. The van der Waals surface area contributed by atoms with Gasteiger partial charge in [0.1, 0.15) is 5.75 Å². The zero-order valence-corrected chi connectivity index (χ0v) is 13.2. The van der Waals surface area contributed by atoms with Crippen molar-refractivity contribution in [2.24, 2.45) is 5.73 Å². The highest BCUT2D eigenvalue weighted by Crippen LogP contribution is 2.29. The molecule has 1 unspecified atom stereocenters. The van der Waals surface area contributed by atoms with E-state index in [1.165, 1.54) is 11.3 Å². The maximum absolute atomic E-state index is 11.9. The Morgan fingerprint density at radius 3 is 3.00 bits per heavy atom. The summed E-state index contributed by atoms with van der Waals surface area (Å²) in [5.74, 6) is 0.733. The van der Waals surface area contributed by atoms with Crippen LogP contribution in [0.5, 0.6) is 5.75 Å². The summed E-state index contributed by atoms with van der Waals surface area (Å²) in [5.41, 5.74) is 6.73. The van der Waals surface area contributed by atoms with Crippen LogP contribution >= 0.6 is 11.3 Å². The van der Waals surface area contributed by atoms with Gasteiger partial charge >= 0.3 is 0 Å². The zero-order valence-electron chi connectivity index (χ0n) is 12.4. The van der Waals surface area contributed by atoms with Gasteiger partial charge in [-0.15, -0.1) is 0 Å². The molecule has 1 heterocycles. The summed E-state index contributed by atoms with van der Waals surface area (Å²) < 4.78 is 6.45. The smallest absolute Gasteiger partial charge is 0.227 e. The number of nitrogens with zero attached hydrogens (tertiary/aromatic N) is 1. The van der Waals surface area contributed by atoms with Crippen molar-refractivity contribution in [3.8, 4) is 5.75 Å². The number of carbonyl (C=O) groups is 1. The number of amides is 1. The molecule has 1 aromatic heterocycles. The van der Waals surface area contributed by atoms with Crippen molar-refractivity contribution in [1.29, 1.82) is 0 Å². The number of fused-ring (bicyclic) bond motifs is 1. The van der Waals surface area contributed by atoms with Crippen molar-refractivity contribution in [3.63, 3.8) is 0 Å². The predicted octanol–water partition coefficient (Wildman–Crippen LogP) is 3.15. The molecular weight excluding hydrogens is 286 g/mol. The Bertz CT molecular complexity index is 612. The molecule has 1 amide bonds. The predicted molar refractivity (Wildman–Crippen MR) is 86.9 cm³/mol. The molecule has 0 aliphatic carbocycles. The van der Waals surface area contributed by atoms with Crippen LogP contribution in [0.3, 0.4) is 0 Å². The van der Waals surface area contributed by atoms with Gasteiger partial charge in [-0.05, 0) is 31.5 Å². The second-order valence-electron chi connectivity index (χ2n) is 4.88. The third kappa shape index (κ3) is 4.41. The fourth-order valence-corrected chi connectivity index (χ4v) is 3.01. The number of rotatable bonds is 7. The molecule has 21 heavy (non-hydrogen) atoms. The van der Waals surface area contributed by atoms with Crippen molar-refractivity contribution < 1.29 is 9.53 Å². The molecule has 0 aliphatic heterocycles. The minimum atomic E-state index is -0.0889. The molecular formula is C15H21N3O2S. The van der Waals surface area contributed by atoms with Crippen molar-refractivity contribution in [2.45, 2.75) is 39.2 Å². The number of thiazole rings is 1. The fourth-order valence-electron chi connectivity index (χ4n) is 2.10. The van der Waals surface area contributed by atoms with E-state index < -0.39 is 0 Å². The first-order valence-corrected chi connectivity index (χ1v) is 8.02. The number of aromatic nitrogens is 1. The first-order chi connectivity index (χ1) is 10.1. The number of benzene rings is 1. The molecule has 0 aliphatic rings. The Hall–Kier alpha value is -1.66. The third-order valence-electron chi connectivity index (χ3n) is 3.02. The Kier molecular flexibility index (Phi) is 5.52. The highest BCUT2D eigenvalue weighted by atomic mass is 32.1. The summed E-state index contributed by atoms with van der Waals surface area (Å²) in [6.07, 6.45) is 2.16. The molecule has 6 heteroatoms. The number of anilines is 1. The topological polar surface area (TPSA) is 77.2 Å². The number of nitrogens with two attached hydrogens (primary N) is 1. The van der Waals surface area contributed by atoms with Gasteiger partial charge in [-0.3, -0.25) is 4.79 Å². The number of ether oxygens (including phenoxy) is 1. The summed E-state index contributed by atoms with van der Waals surface area (Å²) >= 11 is 1.44. The van der Waals surface area contributed by atoms with Crippen LogP contribution in [-0.2, 0) is 4.79 Å². The third-order valence-corrected chi connectivity index (χ3v) is 3.96. The van der Waals surface area contributed by atoms with Crippen LogP contribution in [0.4, 0.5) is 5.13 Å². The molecule has 0 saturated heterocycles. The van der Waals surface area contributed by atoms with E-state index in [0.717, 1.165) is 28.8 Å². The number of hydrogen-bond acceptors (Lipinski definition) is 5. The highest BCUT2D eigenvalue weighted by molar-refractivity contribution is 7.22. The van der Waals surface area contributed by atoms with Crippen LogP contribution in [0.15, 0.2) is 18.2 Å². The largest absolute Gasteiger partial charge is 0.494 e. The van der Waals surface area contributed by atoms with Crippen molar-refractivity contribution in [3.05, 3.63) is 18.2 Å². The first kappa shape index (κ1) is 15.7. The molecule has 1 aromatic carbocycles. The van der Waals surface area contributed by atoms with Crippen LogP contribution in [-0.4, -0.2) is 23.5 Å². The van der Waals surface area contributed by atoms with E-state index in [1.54, 1.807) is 0 Å². The van der Waals surface area contributed by atoms with E-state index in [4.69, 9.17) is 10.5 Å². The molecule has 2 rings (SSSR count). The van der Waals surface area contributed by atoms with Gasteiger partial charge < -0.3 is 15.8 Å². The molecule has 1 atom stereocenters. The first-order valence-electron chi connectivity index (χ1n) is 7.21. The quantitative estimate of drug-likeness (QED) is 0.823. The molecule has 0 bridgehead atoms. The van der Waals surface area contributed by atoms with Gasteiger partial charge in [0.05, 0.1) is 16.8 Å². The van der Waals surface area contributed by atoms with Crippen molar-refractivity contribution in [2.75, 3.05) is 11.9 Å². The summed E-state index contributed by atoms with van der Waals surface area (Å²) in [5, 5.41) is 3.42. The van der Waals surface area contributed by atoms with E-state index in [-0.39, 0.29) is 11.9 Å². The van der Waals surface area contributed by atoms with Crippen molar-refractivity contribution >= 4 is 32.6 Å². The van der Waals surface area contributed by atoms with Crippen LogP contribution in [0.25, 0.3) is 10.2 Å². The van der Waals surface area contributed by atoms with Gasteiger partial charge in [0.25, 0.3) is 0 Å². The van der Waals surface area contributed by atoms with Gasteiger partial charge in [-0.1, -0.05) is 24.7 Å². The molecule has 3 N–H and O–H groups in total.